The lowest BCUT2D eigenvalue weighted by molar-refractivity contribution is -0.123. The first-order valence-electron chi connectivity index (χ1n) is 7.24. The van der Waals surface area contributed by atoms with Gasteiger partial charge >= 0.3 is 0 Å². The highest BCUT2D eigenvalue weighted by molar-refractivity contribution is 5.82. The fourth-order valence-electron chi connectivity index (χ4n) is 3.21. The molecule has 104 valence electrons. The topological polar surface area (TPSA) is 59.0 Å². The van der Waals surface area contributed by atoms with E-state index in [1.807, 2.05) is 17.1 Å². The highest BCUT2D eigenvalue weighted by Gasteiger charge is 2.57. The normalized spacial score (nSPS) is 24.3. The van der Waals surface area contributed by atoms with Crippen molar-refractivity contribution in [2.24, 2.45) is 11.3 Å². The van der Waals surface area contributed by atoms with Crippen LogP contribution in [0.5, 0.6) is 0 Å². The largest absolute Gasteiger partial charge is 0.356 e. The van der Waals surface area contributed by atoms with E-state index in [0.29, 0.717) is 5.41 Å². The summed E-state index contributed by atoms with van der Waals surface area (Å²) >= 11 is 0. The van der Waals surface area contributed by atoms with Crippen molar-refractivity contribution in [1.29, 1.82) is 0 Å². The minimum absolute atomic E-state index is 0.271. The number of carbonyl (C=O) groups is 1. The first-order chi connectivity index (χ1) is 9.30. The van der Waals surface area contributed by atoms with E-state index in [0.717, 1.165) is 39.0 Å². The number of nitrogens with zero attached hydrogens (tertiary/aromatic N) is 2. The second-order valence-corrected chi connectivity index (χ2v) is 5.81. The van der Waals surface area contributed by atoms with Crippen molar-refractivity contribution in [3.8, 4) is 0 Å². The molecule has 1 saturated heterocycles. The summed E-state index contributed by atoms with van der Waals surface area (Å²) in [5, 5.41) is 6.45. The van der Waals surface area contributed by atoms with Crippen LogP contribution in [0.3, 0.4) is 0 Å². The van der Waals surface area contributed by atoms with Crippen LogP contribution in [0.2, 0.25) is 0 Å². The lowest BCUT2D eigenvalue weighted by Gasteiger charge is -2.23. The zero-order valence-corrected chi connectivity index (χ0v) is 11.3. The average Bonchev–Trinajstić information content (AvgIpc) is 2.89. The number of hydrogen-bond donors (Lipinski definition) is 2. The Labute approximate surface area is 113 Å². The van der Waals surface area contributed by atoms with E-state index in [-0.39, 0.29) is 11.8 Å². The maximum Gasteiger partial charge on any atom is 0.223 e. The molecule has 1 atom stereocenters. The third-order valence-corrected chi connectivity index (χ3v) is 4.56. The molecular weight excluding hydrogens is 240 g/mol. The van der Waals surface area contributed by atoms with E-state index in [4.69, 9.17) is 0 Å². The predicted octanol–water partition coefficient (Wildman–Crippen LogP) is 0.779. The monoisotopic (exact) mass is 262 g/mol. The van der Waals surface area contributed by atoms with Crippen molar-refractivity contribution in [1.82, 2.24) is 20.2 Å². The zero-order chi connectivity index (χ0) is 13.1. The van der Waals surface area contributed by atoms with Gasteiger partial charge in [-0.2, -0.15) is 0 Å². The van der Waals surface area contributed by atoms with Crippen LogP contribution in [0.1, 0.15) is 25.7 Å². The second kappa shape index (κ2) is 5.33. The molecule has 0 radical (unpaired) electrons. The Hall–Kier alpha value is -1.36. The van der Waals surface area contributed by atoms with Gasteiger partial charge in [-0.25, -0.2) is 4.98 Å². The molecule has 2 aliphatic rings. The third kappa shape index (κ3) is 2.81. The van der Waals surface area contributed by atoms with E-state index < -0.39 is 0 Å². The summed E-state index contributed by atoms with van der Waals surface area (Å²) in [5.41, 5.74) is 0.347. The molecule has 1 aromatic rings. The molecule has 1 aromatic heterocycles. The van der Waals surface area contributed by atoms with Crippen LogP contribution in [0, 0.1) is 11.3 Å². The number of carbonyl (C=O) groups excluding carboxylic acids is 1. The van der Waals surface area contributed by atoms with Gasteiger partial charge in [0.15, 0.2) is 0 Å². The summed E-state index contributed by atoms with van der Waals surface area (Å²) in [5.74, 6) is 0.551. The Morgan fingerprint density at radius 2 is 2.32 bits per heavy atom. The van der Waals surface area contributed by atoms with Gasteiger partial charge in [0.1, 0.15) is 0 Å². The number of aryl methyl sites for hydroxylation is 1. The molecular formula is C14H22N4O. The van der Waals surface area contributed by atoms with Crippen LogP contribution in [-0.2, 0) is 11.3 Å². The quantitative estimate of drug-likeness (QED) is 0.771. The summed E-state index contributed by atoms with van der Waals surface area (Å²) in [7, 11) is 0. The number of aromatic nitrogens is 2. The van der Waals surface area contributed by atoms with Crippen molar-refractivity contribution in [2.75, 3.05) is 19.6 Å². The van der Waals surface area contributed by atoms with Gasteiger partial charge in [0.05, 0.1) is 6.33 Å². The summed E-state index contributed by atoms with van der Waals surface area (Å²) in [6, 6.07) is 0. The minimum Gasteiger partial charge on any atom is -0.356 e. The molecule has 1 amide bonds. The van der Waals surface area contributed by atoms with E-state index >= 15 is 0 Å². The molecule has 5 heteroatoms. The Kier molecular flexibility index (Phi) is 3.55. The first kappa shape index (κ1) is 12.7. The standard InChI is InChI=1S/C14H22N4O/c19-13(12-10-14(12)2-5-15-6-3-14)17-4-1-8-18-9-7-16-11-18/h7,9,11-12,15H,1-6,8,10H2,(H,17,19). The van der Waals surface area contributed by atoms with Crippen LogP contribution in [0.4, 0.5) is 0 Å². The van der Waals surface area contributed by atoms with E-state index in [2.05, 4.69) is 15.6 Å². The maximum absolute atomic E-state index is 12.1. The van der Waals surface area contributed by atoms with Gasteiger partial charge in [0, 0.05) is 31.4 Å². The lowest BCUT2D eigenvalue weighted by Crippen LogP contribution is -2.34. The van der Waals surface area contributed by atoms with Gasteiger partial charge < -0.3 is 15.2 Å². The van der Waals surface area contributed by atoms with Gasteiger partial charge in [0.25, 0.3) is 0 Å². The first-order valence-corrected chi connectivity index (χ1v) is 7.24. The highest BCUT2D eigenvalue weighted by atomic mass is 16.2. The van der Waals surface area contributed by atoms with Crippen LogP contribution in [0.25, 0.3) is 0 Å². The lowest BCUT2D eigenvalue weighted by atomic mass is 9.92. The van der Waals surface area contributed by atoms with Crippen LogP contribution < -0.4 is 10.6 Å². The number of rotatable bonds is 5. The number of nitrogens with one attached hydrogen (secondary N) is 2. The molecule has 1 aliphatic carbocycles. The molecule has 1 aliphatic heterocycles. The number of amides is 1. The van der Waals surface area contributed by atoms with Crippen molar-refractivity contribution in [3.05, 3.63) is 18.7 Å². The van der Waals surface area contributed by atoms with Gasteiger partial charge in [-0.1, -0.05) is 0 Å². The Balaban J connectivity index is 1.36. The molecule has 0 aromatic carbocycles. The smallest absolute Gasteiger partial charge is 0.223 e. The van der Waals surface area contributed by atoms with Crippen molar-refractivity contribution < 1.29 is 4.79 Å². The Morgan fingerprint density at radius 3 is 3.05 bits per heavy atom. The fourth-order valence-corrected chi connectivity index (χ4v) is 3.21. The number of piperidine rings is 1. The van der Waals surface area contributed by atoms with E-state index in [1.165, 1.54) is 12.8 Å². The molecule has 1 saturated carbocycles. The van der Waals surface area contributed by atoms with Crippen molar-refractivity contribution in [3.63, 3.8) is 0 Å². The summed E-state index contributed by atoms with van der Waals surface area (Å²) in [6.45, 7) is 3.83. The van der Waals surface area contributed by atoms with Crippen molar-refractivity contribution in [2.45, 2.75) is 32.2 Å². The molecule has 0 bridgehead atoms. The van der Waals surface area contributed by atoms with Crippen LogP contribution >= 0.6 is 0 Å². The van der Waals surface area contributed by atoms with Crippen molar-refractivity contribution >= 4 is 5.91 Å². The highest BCUT2D eigenvalue weighted by Crippen LogP contribution is 2.58. The van der Waals surface area contributed by atoms with E-state index in [9.17, 15) is 4.79 Å². The summed E-state index contributed by atoms with van der Waals surface area (Å²) in [6.07, 6.45) is 9.94. The minimum atomic E-state index is 0.271. The molecule has 2 fully saturated rings. The van der Waals surface area contributed by atoms with Crippen LogP contribution in [0.15, 0.2) is 18.7 Å². The molecule has 1 unspecified atom stereocenters. The third-order valence-electron chi connectivity index (χ3n) is 4.56. The molecule has 2 N–H and O–H groups in total. The van der Waals surface area contributed by atoms with Gasteiger partial charge in [0.2, 0.25) is 5.91 Å². The molecule has 3 rings (SSSR count). The molecule has 1 spiro atoms. The number of imidazole rings is 1. The average molecular weight is 262 g/mol. The molecule has 5 nitrogen and oxygen atoms in total. The SMILES string of the molecule is O=C(NCCCn1ccnc1)C1CC12CCNCC2. The zero-order valence-electron chi connectivity index (χ0n) is 11.3. The van der Waals surface area contributed by atoms with Gasteiger partial charge in [-0.3, -0.25) is 4.79 Å². The predicted molar refractivity (Wildman–Crippen MR) is 72.5 cm³/mol. The second-order valence-electron chi connectivity index (χ2n) is 5.81. The van der Waals surface area contributed by atoms with Gasteiger partial charge in [-0.05, 0) is 44.2 Å². The maximum atomic E-state index is 12.1. The fraction of sp³-hybridized carbons (Fsp3) is 0.714. The Bertz CT molecular complexity index is 423. The molecule has 19 heavy (non-hydrogen) atoms. The molecule has 2 heterocycles. The van der Waals surface area contributed by atoms with Gasteiger partial charge in [-0.15, -0.1) is 0 Å². The number of hydrogen-bond acceptors (Lipinski definition) is 3. The van der Waals surface area contributed by atoms with Crippen LogP contribution in [-0.4, -0.2) is 35.1 Å². The summed E-state index contributed by atoms with van der Waals surface area (Å²) in [4.78, 5) is 16.1. The van der Waals surface area contributed by atoms with E-state index in [1.54, 1.807) is 6.20 Å². The summed E-state index contributed by atoms with van der Waals surface area (Å²) < 4.78 is 2.04. The Morgan fingerprint density at radius 1 is 1.47 bits per heavy atom.